The van der Waals surface area contributed by atoms with Crippen molar-refractivity contribution in [3.63, 3.8) is 0 Å². The summed E-state index contributed by atoms with van der Waals surface area (Å²) in [5.41, 5.74) is 0. The van der Waals surface area contributed by atoms with Crippen molar-refractivity contribution in [2.45, 2.75) is 129 Å². The van der Waals surface area contributed by atoms with Crippen LogP contribution in [0, 0.1) is 0 Å². The van der Waals surface area contributed by atoms with Gasteiger partial charge in [0.1, 0.15) is 0 Å². The molecule has 0 saturated carbocycles. The first-order valence-corrected chi connectivity index (χ1v) is 13.7. The minimum Gasteiger partial charge on any atom is -0.353 e. The van der Waals surface area contributed by atoms with Crippen LogP contribution >= 0.6 is 11.8 Å². The summed E-state index contributed by atoms with van der Waals surface area (Å²) in [7, 11) is 5.54. The maximum Gasteiger partial charge on any atom is 0.157 e. The Kier molecular flexibility index (Phi) is 32.2. The molecule has 2 nitrogen and oxygen atoms in total. The highest BCUT2D eigenvalue weighted by Crippen LogP contribution is 2.13. The molecule has 1 atom stereocenters. The van der Waals surface area contributed by atoms with Crippen molar-refractivity contribution in [3.8, 4) is 0 Å². The topological polar surface area (TPSA) is 18.5 Å². The second kappa shape index (κ2) is 29.5. The van der Waals surface area contributed by atoms with Gasteiger partial charge >= 0.3 is 0 Å². The average Bonchev–Trinajstić information content (AvgIpc) is 2.69. The number of hydrogen-bond acceptors (Lipinski definition) is 3. The highest BCUT2D eigenvalue weighted by atomic mass is 32.2. The highest BCUT2D eigenvalue weighted by Gasteiger charge is 2.09. The van der Waals surface area contributed by atoms with Crippen molar-refractivity contribution in [1.82, 2.24) is 0 Å². The van der Waals surface area contributed by atoms with Crippen LogP contribution in [0.2, 0.25) is 6.32 Å². The Morgan fingerprint density at radius 3 is 1.46 bits per heavy atom. The minimum absolute atomic E-state index is 0.0202. The van der Waals surface area contributed by atoms with Crippen molar-refractivity contribution in [3.05, 3.63) is 0 Å². The maximum absolute atomic E-state index is 6.04. The van der Waals surface area contributed by atoms with Crippen LogP contribution in [0.5, 0.6) is 0 Å². The molecule has 0 aliphatic heterocycles. The molecule has 2 radical (unpaired) electrons. The summed E-state index contributed by atoms with van der Waals surface area (Å²) in [6, 6.07) is 0. The predicted octanol–water partition coefficient (Wildman–Crippen LogP) is 8.19. The normalized spacial score (nSPS) is 11.9. The van der Waals surface area contributed by atoms with Crippen molar-refractivity contribution in [2.24, 2.45) is 0 Å². The highest BCUT2D eigenvalue weighted by molar-refractivity contribution is 7.97. The van der Waals surface area contributed by atoms with Gasteiger partial charge in [0, 0.05) is 13.2 Å². The number of hydrogen-bond donors (Lipinski definition) is 0. The summed E-state index contributed by atoms with van der Waals surface area (Å²) in [4.78, 5) is 0. The smallest absolute Gasteiger partial charge is 0.157 e. The van der Waals surface area contributed by atoms with E-state index in [1.54, 1.807) is 11.8 Å². The van der Waals surface area contributed by atoms with Crippen molar-refractivity contribution >= 4 is 19.6 Å². The Morgan fingerprint density at radius 2 is 1.00 bits per heavy atom. The lowest BCUT2D eigenvalue weighted by Crippen LogP contribution is -2.19. The first-order valence-electron chi connectivity index (χ1n) is 12.1. The molecule has 0 heterocycles. The van der Waals surface area contributed by atoms with Gasteiger partial charge in [-0.1, -0.05) is 97.2 Å². The van der Waals surface area contributed by atoms with E-state index in [1.807, 2.05) is 12.5 Å². The van der Waals surface area contributed by atoms with Crippen LogP contribution in [0.1, 0.15) is 117 Å². The molecule has 0 aliphatic carbocycles. The first-order chi connectivity index (χ1) is 13.8. The Hall–Kier alpha value is 0.335. The largest absolute Gasteiger partial charge is 0.353 e. The summed E-state index contributed by atoms with van der Waals surface area (Å²) < 4.78 is 12.1. The fraction of sp³-hybridized carbons (Fsp3) is 1.00. The molecule has 0 aromatic rings. The number of ether oxygens (including phenoxy) is 2. The fourth-order valence-corrected chi connectivity index (χ4v) is 3.04. The van der Waals surface area contributed by atoms with E-state index in [0.29, 0.717) is 0 Å². The molecule has 0 bridgehead atoms. The van der Waals surface area contributed by atoms with Gasteiger partial charge in [0.25, 0.3) is 0 Å². The Morgan fingerprint density at radius 1 is 0.607 bits per heavy atom. The van der Waals surface area contributed by atoms with E-state index in [9.17, 15) is 0 Å². The lowest BCUT2D eigenvalue weighted by molar-refractivity contribution is -0.148. The van der Waals surface area contributed by atoms with Crippen molar-refractivity contribution < 1.29 is 9.47 Å². The van der Waals surface area contributed by atoms with Gasteiger partial charge in [-0.05, 0) is 38.2 Å². The molecule has 1 unspecified atom stereocenters. The SMILES string of the molecule is CSC.[B]CCCCCCOC(CCCCCCC)OCCCCCCCC. The predicted molar refractivity (Wildman–Crippen MR) is 131 cm³/mol. The van der Waals surface area contributed by atoms with E-state index >= 15 is 0 Å². The van der Waals surface area contributed by atoms with Gasteiger partial charge in [0.15, 0.2) is 6.29 Å². The third-order valence-corrected chi connectivity index (χ3v) is 4.75. The molecule has 0 aliphatic rings. The number of unbranched alkanes of at least 4 members (excludes halogenated alkanes) is 12. The molecule has 0 fully saturated rings. The van der Waals surface area contributed by atoms with E-state index in [-0.39, 0.29) is 6.29 Å². The Labute approximate surface area is 184 Å². The third-order valence-electron chi connectivity index (χ3n) is 4.75. The van der Waals surface area contributed by atoms with Crippen molar-refractivity contribution in [2.75, 3.05) is 25.7 Å². The quantitative estimate of drug-likeness (QED) is 0.107. The summed E-state index contributed by atoms with van der Waals surface area (Å²) in [6.07, 6.45) is 25.1. The van der Waals surface area contributed by atoms with Crippen LogP contribution in [-0.2, 0) is 9.47 Å². The zero-order valence-corrected chi connectivity index (χ0v) is 20.6. The Balaban J connectivity index is 0. The monoisotopic (exact) mass is 414 g/mol. The fourth-order valence-electron chi connectivity index (χ4n) is 3.04. The number of thioether (sulfide) groups is 1. The molecule has 0 aromatic heterocycles. The van der Waals surface area contributed by atoms with Crippen LogP contribution in [0.4, 0.5) is 0 Å². The second-order valence-electron chi connectivity index (χ2n) is 7.75. The summed E-state index contributed by atoms with van der Waals surface area (Å²) in [6.45, 7) is 6.22. The molecule has 0 N–H and O–H groups in total. The standard InChI is InChI=1S/C22H45BO2.C2H6S/c1-3-5-7-9-12-16-20-24-22(18-14-10-8-6-4-2)25-21-17-13-11-15-19-23;1-3-2/h22H,3-21H2,1-2H3;1-2H3. The molecular formula is C24H51BO2S. The molecule has 4 heteroatoms. The van der Waals surface area contributed by atoms with Gasteiger partial charge in [-0.2, -0.15) is 11.8 Å². The van der Waals surface area contributed by atoms with E-state index in [1.165, 1.54) is 83.5 Å². The molecule has 168 valence electrons. The van der Waals surface area contributed by atoms with Gasteiger partial charge in [-0.3, -0.25) is 0 Å². The average molecular weight is 415 g/mol. The van der Waals surface area contributed by atoms with Gasteiger partial charge in [0.2, 0.25) is 0 Å². The summed E-state index contributed by atoms with van der Waals surface area (Å²) >= 11 is 1.75. The summed E-state index contributed by atoms with van der Waals surface area (Å²) in [5.74, 6) is 0. The van der Waals surface area contributed by atoms with E-state index < -0.39 is 0 Å². The summed E-state index contributed by atoms with van der Waals surface area (Å²) in [5, 5.41) is 0. The Bertz CT molecular complexity index is 255. The lowest BCUT2D eigenvalue weighted by Gasteiger charge is -2.19. The lowest BCUT2D eigenvalue weighted by atomic mass is 9.99. The van der Waals surface area contributed by atoms with Crippen LogP contribution < -0.4 is 0 Å². The minimum atomic E-state index is 0.0202. The van der Waals surface area contributed by atoms with Gasteiger partial charge in [-0.25, -0.2) is 0 Å². The van der Waals surface area contributed by atoms with Gasteiger partial charge < -0.3 is 9.47 Å². The van der Waals surface area contributed by atoms with Crippen LogP contribution in [0.15, 0.2) is 0 Å². The maximum atomic E-state index is 6.04. The van der Waals surface area contributed by atoms with Gasteiger partial charge in [0.05, 0.1) is 7.85 Å². The van der Waals surface area contributed by atoms with Gasteiger partial charge in [-0.15, -0.1) is 0 Å². The first kappa shape index (κ1) is 30.5. The van der Waals surface area contributed by atoms with E-state index in [2.05, 4.69) is 13.8 Å². The number of rotatable bonds is 21. The van der Waals surface area contributed by atoms with Crippen molar-refractivity contribution in [1.29, 1.82) is 0 Å². The zero-order chi connectivity index (χ0) is 21.1. The van der Waals surface area contributed by atoms with E-state index in [4.69, 9.17) is 17.3 Å². The molecule has 28 heavy (non-hydrogen) atoms. The van der Waals surface area contributed by atoms with Crippen LogP contribution in [0.3, 0.4) is 0 Å². The van der Waals surface area contributed by atoms with E-state index in [0.717, 1.165) is 38.8 Å². The molecule has 0 aromatic carbocycles. The molecule has 0 saturated heterocycles. The second-order valence-corrected chi connectivity index (χ2v) is 8.57. The third kappa shape index (κ3) is 28.5. The molecule has 0 rings (SSSR count). The van der Waals surface area contributed by atoms with Crippen LogP contribution in [-0.4, -0.2) is 39.9 Å². The zero-order valence-electron chi connectivity index (χ0n) is 19.8. The van der Waals surface area contributed by atoms with Crippen LogP contribution in [0.25, 0.3) is 0 Å². The molecule has 0 amide bonds. The molecule has 0 spiro atoms. The molecular weight excluding hydrogens is 363 g/mol.